The summed E-state index contributed by atoms with van der Waals surface area (Å²) < 4.78 is 14.7. The fourth-order valence-corrected chi connectivity index (χ4v) is 6.29. The molecular formula is C40H32N4O4. The minimum absolute atomic E-state index is 0.0529. The summed E-state index contributed by atoms with van der Waals surface area (Å²) in [5.74, 6) is 1.44. The van der Waals surface area contributed by atoms with Crippen molar-refractivity contribution in [1.29, 1.82) is 0 Å². The molecular weight excluding hydrogens is 600 g/mol. The van der Waals surface area contributed by atoms with Crippen LogP contribution in [0.1, 0.15) is 34.2 Å². The molecule has 0 fully saturated rings. The zero-order chi connectivity index (χ0) is 33.0. The number of ether oxygens (including phenoxy) is 2. The van der Waals surface area contributed by atoms with Gasteiger partial charge in [-0.2, -0.15) is 5.10 Å². The van der Waals surface area contributed by atoms with Gasteiger partial charge in [0.2, 0.25) is 5.88 Å². The summed E-state index contributed by atoms with van der Waals surface area (Å²) >= 11 is 0. The van der Waals surface area contributed by atoms with E-state index >= 15 is 0 Å². The van der Waals surface area contributed by atoms with Crippen LogP contribution >= 0.6 is 0 Å². The molecule has 0 bridgehead atoms. The Morgan fingerprint density at radius 3 is 1.90 bits per heavy atom. The van der Waals surface area contributed by atoms with E-state index in [1.54, 1.807) is 25.1 Å². The summed E-state index contributed by atoms with van der Waals surface area (Å²) in [5.41, 5.74) is 3.01. The van der Waals surface area contributed by atoms with Gasteiger partial charge in [0, 0.05) is 29.8 Å². The molecule has 0 saturated heterocycles. The maximum atomic E-state index is 11.2. The molecule has 0 radical (unpaired) electrons. The van der Waals surface area contributed by atoms with Crippen molar-refractivity contribution in [2.75, 3.05) is 0 Å². The second kappa shape index (κ2) is 12.8. The van der Waals surface area contributed by atoms with Gasteiger partial charge in [0.15, 0.2) is 5.60 Å². The van der Waals surface area contributed by atoms with Crippen molar-refractivity contribution in [2.45, 2.75) is 24.5 Å². The van der Waals surface area contributed by atoms with E-state index in [0.717, 1.165) is 22.3 Å². The van der Waals surface area contributed by atoms with Gasteiger partial charge in [-0.1, -0.05) is 109 Å². The molecule has 0 aliphatic heterocycles. The molecule has 8 nitrogen and oxygen atoms in total. The minimum atomic E-state index is -0.817. The van der Waals surface area contributed by atoms with Crippen molar-refractivity contribution in [3.63, 3.8) is 0 Å². The third-order valence-electron chi connectivity index (χ3n) is 8.62. The standard InChI is InChI=1S/C40H32N4O4/c1-30-26-38(41-28-37(30)44(45)46)47-35-20-22-36(23-21-35)48-39(24-12-5-13-25-39)34-27-42-43(29-34)40(31-14-6-2-7-15-31,32-16-8-3-9-17-32)33-18-10-4-11-19-33/h2-24,26-29H,25H2,1H3. The first-order valence-electron chi connectivity index (χ1n) is 15.6. The average Bonchev–Trinajstić information content (AvgIpc) is 3.63. The fraction of sp³-hybridized carbons (Fsp3) is 0.100. The predicted octanol–water partition coefficient (Wildman–Crippen LogP) is 8.92. The van der Waals surface area contributed by atoms with Crippen LogP contribution in [0.4, 0.5) is 5.69 Å². The highest BCUT2D eigenvalue weighted by Crippen LogP contribution is 2.43. The van der Waals surface area contributed by atoms with Gasteiger partial charge in [-0.3, -0.25) is 14.8 Å². The molecule has 2 aromatic heterocycles. The number of aromatic nitrogens is 3. The number of hydrogen-bond donors (Lipinski definition) is 0. The predicted molar refractivity (Wildman–Crippen MR) is 184 cm³/mol. The van der Waals surface area contributed by atoms with E-state index in [1.807, 2.05) is 48.7 Å². The molecule has 1 aliphatic carbocycles. The maximum absolute atomic E-state index is 11.2. The first kappa shape index (κ1) is 30.4. The quantitative estimate of drug-likeness (QED) is 0.0851. The topological polar surface area (TPSA) is 92.3 Å². The molecule has 48 heavy (non-hydrogen) atoms. The number of benzene rings is 4. The van der Waals surface area contributed by atoms with E-state index < -0.39 is 16.1 Å². The Kier molecular flexibility index (Phi) is 8.13. The highest BCUT2D eigenvalue weighted by Gasteiger charge is 2.41. The highest BCUT2D eigenvalue weighted by atomic mass is 16.6. The molecule has 7 rings (SSSR count). The zero-order valence-electron chi connectivity index (χ0n) is 26.2. The molecule has 0 amide bonds. The van der Waals surface area contributed by atoms with E-state index in [0.29, 0.717) is 23.5 Å². The summed E-state index contributed by atoms with van der Waals surface area (Å²) in [6.45, 7) is 1.65. The van der Waals surface area contributed by atoms with Crippen LogP contribution in [0.3, 0.4) is 0 Å². The lowest BCUT2D eigenvalue weighted by Gasteiger charge is -2.37. The van der Waals surface area contributed by atoms with Gasteiger partial charge < -0.3 is 9.47 Å². The smallest absolute Gasteiger partial charge is 0.290 e. The number of hydrogen-bond acceptors (Lipinski definition) is 6. The van der Waals surface area contributed by atoms with Crippen LogP contribution in [0.2, 0.25) is 0 Å². The second-order valence-electron chi connectivity index (χ2n) is 11.6. The third kappa shape index (κ3) is 5.64. The molecule has 1 atom stereocenters. The fourth-order valence-electron chi connectivity index (χ4n) is 6.29. The molecule has 0 spiro atoms. The Hall–Kier alpha value is -6.28. The minimum Gasteiger partial charge on any atom is -0.478 e. The van der Waals surface area contributed by atoms with E-state index in [-0.39, 0.29) is 11.6 Å². The van der Waals surface area contributed by atoms with Crippen molar-refractivity contribution in [1.82, 2.24) is 14.8 Å². The number of nitro groups is 1. The van der Waals surface area contributed by atoms with Crippen molar-refractivity contribution in [3.05, 3.63) is 202 Å². The van der Waals surface area contributed by atoms with Crippen molar-refractivity contribution in [2.24, 2.45) is 0 Å². The largest absolute Gasteiger partial charge is 0.478 e. The number of rotatable bonds is 10. The third-order valence-corrected chi connectivity index (χ3v) is 8.62. The number of aryl methyl sites for hydroxylation is 1. The summed E-state index contributed by atoms with van der Waals surface area (Å²) in [6, 6.07) is 40.1. The molecule has 236 valence electrons. The van der Waals surface area contributed by atoms with Gasteiger partial charge >= 0.3 is 0 Å². The summed E-state index contributed by atoms with van der Waals surface area (Å²) in [7, 11) is 0. The molecule has 0 N–H and O–H groups in total. The van der Waals surface area contributed by atoms with Gasteiger partial charge in [0.25, 0.3) is 5.69 Å². The van der Waals surface area contributed by atoms with Gasteiger partial charge in [-0.05, 0) is 54.0 Å². The molecule has 8 heteroatoms. The van der Waals surface area contributed by atoms with Crippen molar-refractivity contribution < 1.29 is 14.4 Å². The van der Waals surface area contributed by atoms with E-state index in [2.05, 4.69) is 101 Å². The molecule has 1 aliphatic rings. The molecule has 1 unspecified atom stereocenters. The Morgan fingerprint density at radius 2 is 1.38 bits per heavy atom. The molecule has 0 saturated carbocycles. The normalized spacial score (nSPS) is 15.6. The van der Waals surface area contributed by atoms with Gasteiger partial charge in [0.05, 0.1) is 11.1 Å². The van der Waals surface area contributed by atoms with Crippen LogP contribution < -0.4 is 9.47 Å². The van der Waals surface area contributed by atoms with Crippen LogP contribution in [0, 0.1) is 17.0 Å². The lowest BCUT2D eigenvalue weighted by molar-refractivity contribution is -0.385. The lowest BCUT2D eigenvalue weighted by atomic mass is 9.77. The lowest BCUT2D eigenvalue weighted by Crippen LogP contribution is -2.38. The van der Waals surface area contributed by atoms with Gasteiger partial charge in [0.1, 0.15) is 23.2 Å². The second-order valence-corrected chi connectivity index (χ2v) is 11.6. The maximum Gasteiger partial charge on any atom is 0.290 e. The Morgan fingerprint density at radius 1 is 0.792 bits per heavy atom. The van der Waals surface area contributed by atoms with Crippen LogP contribution in [-0.4, -0.2) is 19.7 Å². The van der Waals surface area contributed by atoms with Crippen LogP contribution in [0.15, 0.2) is 164 Å². The SMILES string of the molecule is Cc1cc(Oc2ccc(OC3(c4cnn(C(c5ccccc5)(c5ccccc5)c5ccccc5)c4)C=CC=CC3)cc2)ncc1[N+](=O)[O-]. The van der Waals surface area contributed by atoms with Crippen LogP contribution in [0.25, 0.3) is 0 Å². The summed E-state index contributed by atoms with van der Waals surface area (Å²) in [6.07, 6.45) is 14.0. The summed E-state index contributed by atoms with van der Waals surface area (Å²) in [4.78, 5) is 14.8. The molecule has 4 aromatic carbocycles. The van der Waals surface area contributed by atoms with Crippen molar-refractivity contribution >= 4 is 5.69 Å². The Balaban J connectivity index is 1.25. The van der Waals surface area contributed by atoms with E-state index in [4.69, 9.17) is 14.6 Å². The average molecular weight is 633 g/mol. The van der Waals surface area contributed by atoms with Crippen LogP contribution in [-0.2, 0) is 11.1 Å². The first-order valence-corrected chi connectivity index (χ1v) is 15.6. The Bertz CT molecular complexity index is 2000. The van der Waals surface area contributed by atoms with E-state index in [9.17, 15) is 10.1 Å². The molecule has 6 aromatic rings. The number of allylic oxidation sites excluding steroid dienone is 2. The van der Waals surface area contributed by atoms with Gasteiger partial charge in [-0.15, -0.1) is 0 Å². The monoisotopic (exact) mass is 632 g/mol. The van der Waals surface area contributed by atoms with Crippen molar-refractivity contribution in [3.8, 4) is 17.4 Å². The first-order chi connectivity index (χ1) is 23.5. The highest BCUT2D eigenvalue weighted by molar-refractivity contribution is 5.51. The van der Waals surface area contributed by atoms with E-state index in [1.165, 1.54) is 6.20 Å². The van der Waals surface area contributed by atoms with Gasteiger partial charge in [-0.25, -0.2) is 4.98 Å². The van der Waals surface area contributed by atoms with Crippen LogP contribution in [0.5, 0.6) is 17.4 Å². The Labute approximate surface area is 278 Å². The number of pyridine rings is 1. The zero-order valence-corrected chi connectivity index (χ0v) is 26.2. The number of nitrogens with zero attached hydrogens (tertiary/aromatic N) is 4. The summed E-state index contributed by atoms with van der Waals surface area (Å²) in [5, 5.41) is 16.2. The molecule has 2 heterocycles.